The summed E-state index contributed by atoms with van der Waals surface area (Å²) in [5.41, 5.74) is 1.30. The summed E-state index contributed by atoms with van der Waals surface area (Å²) in [6, 6.07) is 9.44. The summed E-state index contributed by atoms with van der Waals surface area (Å²) >= 11 is 6.28. The van der Waals surface area contributed by atoms with Gasteiger partial charge in [0.25, 0.3) is 0 Å². The number of guanidine groups is 1. The maximum absolute atomic E-state index is 6.28. The SMILES string of the molecule is CN=C(NCCN(CCOC)C1CC1)NCC1CCCN(C)C1c1cccc(Cl)c1. The van der Waals surface area contributed by atoms with E-state index in [1.807, 2.05) is 13.1 Å². The lowest BCUT2D eigenvalue weighted by Crippen LogP contribution is -2.46. The van der Waals surface area contributed by atoms with E-state index < -0.39 is 0 Å². The standard InChI is InChI=1S/C23H38ClN5O/c1-25-23(26-11-13-29(14-15-30-3)21-9-10-21)27-17-19-7-5-12-28(2)22(19)18-6-4-8-20(24)16-18/h4,6,8,16,19,21-22H,5,7,9-15,17H2,1-3H3,(H2,25,26,27). The minimum Gasteiger partial charge on any atom is -0.383 e. The number of benzene rings is 1. The maximum atomic E-state index is 6.28. The van der Waals surface area contributed by atoms with E-state index in [0.29, 0.717) is 12.0 Å². The summed E-state index contributed by atoms with van der Waals surface area (Å²) in [5.74, 6) is 1.40. The van der Waals surface area contributed by atoms with Gasteiger partial charge in [-0.2, -0.15) is 0 Å². The second-order valence-corrected chi connectivity index (χ2v) is 8.96. The fraction of sp³-hybridized carbons (Fsp3) is 0.696. The number of hydrogen-bond donors (Lipinski definition) is 2. The number of halogens is 1. The van der Waals surface area contributed by atoms with Gasteiger partial charge >= 0.3 is 0 Å². The van der Waals surface area contributed by atoms with Gasteiger partial charge in [-0.05, 0) is 62.9 Å². The summed E-state index contributed by atoms with van der Waals surface area (Å²) in [7, 11) is 5.84. The molecular formula is C23H38ClN5O. The predicted octanol–water partition coefficient (Wildman–Crippen LogP) is 3.00. The molecule has 1 aliphatic heterocycles. The van der Waals surface area contributed by atoms with Crippen LogP contribution in [0.2, 0.25) is 5.02 Å². The van der Waals surface area contributed by atoms with Crippen LogP contribution in [0.25, 0.3) is 0 Å². The van der Waals surface area contributed by atoms with Crippen molar-refractivity contribution in [2.24, 2.45) is 10.9 Å². The second-order valence-electron chi connectivity index (χ2n) is 8.52. The van der Waals surface area contributed by atoms with E-state index in [0.717, 1.165) is 56.4 Å². The van der Waals surface area contributed by atoms with Crippen LogP contribution >= 0.6 is 11.6 Å². The number of hydrogen-bond acceptors (Lipinski definition) is 4. The first-order valence-corrected chi connectivity index (χ1v) is 11.6. The molecule has 1 aromatic rings. The van der Waals surface area contributed by atoms with Crippen LogP contribution in [0.4, 0.5) is 0 Å². The third kappa shape index (κ3) is 6.84. The monoisotopic (exact) mass is 435 g/mol. The van der Waals surface area contributed by atoms with Gasteiger partial charge < -0.3 is 15.4 Å². The highest BCUT2D eigenvalue weighted by Gasteiger charge is 2.31. The molecule has 1 aromatic carbocycles. The fourth-order valence-corrected chi connectivity index (χ4v) is 4.78. The van der Waals surface area contributed by atoms with Crippen LogP contribution in [0.1, 0.15) is 37.3 Å². The Morgan fingerprint density at radius 1 is 1.27 bits per heavy atom. The molecular weight excluding hydrogens is 398 g/mol. The first-order chi connectivity index (χ1) is 14.6. The van der Waals surface area contributed by atoms with E-state index in [9.17, 15) is 0 Å². The Morgan fingerprint density at radius 2 is 2.10 bits per heavy atom. The number of nitrogens with zero attached hydrogens (tertiary/aromatic N) is 3. The molecule has 1 aliphatic carbocycles. The smallest absolute Gasteiger partial charge is 0.191 e. The first kappa shape index (κ1) is 23.3. The molecule has 1 heterocycles. The molecule has 0 bridgehead atoms. The van der Waals surface area contributed by atoms with Gasteiger partial charge in [-0.1, -0.05) is 23.7 Å². The van der Waals surface area contributed by atoms with Crippen molar-refractivity contribution < 1.29 is 4.74 Å². The summed E-state index contributed by atoms with van der Waals surface area (Å²) in [4.78, 5) is 9.42. The van der Waals surface area contributed by atoms with E-state index >= 15 is 0 Å². The Bertz CT molecular complexity index is 681. The van der Waals surface area contributed by atoms with E-state index in [2.05, 4.69) is 50.7 Å². The summed E-state index contributed by atoms with van der Waals surface area (Å²) in [5, 5.41) is 7.88. The van der Waals surface area contributed by atoms with Crippen molar-refractivity contribution in [3.63, 3.8) is 0 Å². The molecule has 2 N–H and O–H groups in total. The van der Waals surface area contributed by atoms with Gasteiger partial charge in [-0.3, -0.25) is 14.8 Å². The van der Waals surface area contributed by atoms with E-state index in [1.165, 1.54) is 31.2 Å². The molecule has 2 unspecified atom stereocenters. The molecule has 168 valence electrons. The second kappa shape index (κ2) is 11.9. The normalized spacial score (nSPS) is 23.0. The zero-order chi connectivity index (χ0) is 21.3. The van der Waals surface area contributed by atoms with Crippen molar-refractivity contribution in [3.05, 3.63) is 34.9 Å². The van der Waals surface area contributed by atoms with Crippen LogP contribution in [0, 0.1) is 5.92 Å². The van der Waals surface area contributed by atoms with Gasteiger partial charge in [0.15, 0.2) is 5.96 Å². The van der Waals surface area contributed by atoms with Gasteiger partial charge in [0.05, 0.1) is 6.61 Å². The predicted molar refractivity (Wildman–Crippen MR) is 125 cm³/mol. The fourth-order valence-electron chi connectivity index (χ4n) is 4.58. The van der Waals surface area contributed by atoms with Crippen LogP contribution in [0.3, 0.4) is 0 Å². The number of ether oxygens (including phenoxy) is 1. The van der Waals surface area contributed by atoms with Crippen LogP contribution in [0.15, 0.2) is 29.3 Å². The molecule has 3 rings (SSSR count). The van der Waals surface area contributed by atoms with Crippen LogP contribution in [-0.2, 0) is 4.74 Å². The lowest BCUT2D eigenvalue weighted by molar-refractivity contribution is 0.122. The van der Waals surface area contributed by atoms with Gasteiger partial charge in [0.1, 0.15) is 0 Å². The van der Waals surface area contributed by atoms with Crippen molar-refractivity contribution in [1.82, 2.24) is 20.4 Å². The largest absolute Gasteiger partial charge is 0.383 e. The molecule has 7 heteroatoms. The van der Waals surface area contributed by atoms with Crippen molar-refractivity contribution in [2.75, 3.05) is 60.5 Å². The molecule has 2 fully saturated rings. The quantitative estimate of drug-likeness (QED) is 0.437. The topological polar surface area (TPSA) is 52.1 Å². The third-order valence-electron chi connectivity index (χ3n) is 6.29. The lowest BCUT2D eigenvalue weighted by atomic mass is 9.85. The Hall–Kier alpha value is -1.34. The van der Waals surface area contributed by atoms with Crippen LogP contribution < -0.4 is 10.6 Å². The Labute approximate surface area is 187 Å². The Balaban J connectivity index is 1.50. The van der Waals surface area contributed by atoms with E-state index in [1.54, 1.807) is 7.11 Å². The number of rotatable bonds is 10. The first-order valence-electron chi connectivity index (χ1n) is 11.3. The third-order valence-corrected chi connectivity index (χ3v) is 6.53. The molecule has 0 radical (unpaired) electrons. The number of methoxy groups -OCH3 is 1. The summed E-state index contributed by atoms with van der Waals surface area (Å²) in [6.07, 6.45) is 5.06. The average Bonchev–Trinajstić information content (AvgIpc) is 3.58. The molecule has 30 heavy (non-hydrogen) atoms. The molecule has 0 aromatic heterocycles. The average molecular weight is 436 g/mol. The zero-order valence-corrected chi connectivity index (χ0v) is 19.5. The lowest BCUT2D eigenvalue weighted by Gasteiger charge is -2.40. The molecule has 1 saturated carbocycles. The highest BCUT2D eigenvalue weighted by Crippen LogP contribution is 2.35. The molecule has 0 spiro atoms. The molecule has 2 aliphatic rings. The zero-order valence-electron chi connectivity index (χ0n) is 18.7. The highest BCUT2D eigenvalue weighted by molar-refractivity contribution is 6.30. The Kier molecular flexibility index (Phi) is 9.25. The minimum atomic E-state index is 0.377. The van der Waals surface area contributed by atoms with E-state index in [4.69, 9.17) is 16.3 Å². The van der Waals surface area contributed by atoms with Gasteiger partial charge in [-0.15, -0.1) is 0 Å². The van der Waals surface area contributed by atoms with Crippen LogP contribution in [0.5, 0.6) is 0 Å². The molecule has 6 nitrogen and oxygen atoms in total. The number of likely N-dealkylation sites (tertiary alicyclic amines) is 1. The molecule has 2 atom stereocenters. The van der Waals surface area contributed by atoms with Crippen molar-refractivity contribution in [2.45, 2.75) is 37.8 Å². The van der Waals surface area contributed by atoms with Crippen molar-refractivity contribution in [1.29, 1.82) is 0 Å². The van der Waals surface area contributed by atoms with Gasteiger partial charge in [-0.25, -0.2) is 0 Å². The number of nitrogens with one attached hydrogen (secondary N) is 2. The molecule has 0 amide bonds. The summed E-state index contributed by atoms with van der Waals surface area (Å²) < 4.78 is 5.26. The van der Waals surface area contributed by atoms with Gasteiger partial charge in [0, 0.05) is 57.4 Å². The summed E-state index contributed by atoms with van der Waals surface area (Å²) in [6.45, 7) is 5.73. The number of piperidine rings is 1. The van der Waals surface area contributed by atoms with Crippen LogP contribution in [-0.4, -0.2) is 82.3 Å². The number of aliphatic imine (C=N–C) groups is 1. The maximum Gasteiger partial charge on any atom is 0.191 e. The Morgan fingerprint density at radius 3 is 2.80 bits per heavy atom. The van der Waals surface area contributed by atoms with Crippen molar-refractivity contribution in [3.8, 4) is 0 Å². The van der Waals surface area contributed by atoms with Gasteiger partial charge in [0.2, 0.25) is 0 Å². The van der Waals surface area contributed by atoms with E-state index in [-0.39, 0.29) is 0 Å². The highest BCUT2D eigenvalue weighted by atomic mass is 35.5. The minimum absolute atomic E-state index is 0.377. The van der Waals surface area contributed by atoms with Crippen molar-refractivity contribution >= 4 is 17.6 Å². The molecule has 1 saturated heterocycles.